The number of ether oxygens (including phenoxy) is 1. The van der Waals surface area contributed by atoms with E-state index < -0.39 is 11.8 Å². The fraction of sp³-hybridized carbons (Fsp3) is 0.239. The van der Waals surface area contributed by atoms with Gasteiger partial charge in [0, 0.05) is 52.7 Å². The normalized spacial score (nSPS) is 13.5. The van der Waals surface area contributed by atoms with Gasteiger partial charge in [0.05, 0.1) is 0 Å². The molecule has 8 aromatic carbocycles. The molecule has 0 saturated carbocycles. The first kappa shape index (κ1) is 49.3. The fourth-order valence-corrected chi connectivity index (χ4v) is 11.1. The van der Waals surface area contributed by atoms with Crippen molar-refractivity contribution in [2.75, 3.05) is 4.90 Å². The van der Waals surface area contributed by atoms with Gasteiger partial charge in [0.15, 0.2) is 0 Å². The van der Waals surface area contributed by atoms with Crippen molar-refractivity contribution in [3.05, 3.63) is 211 Å². The number of hydrogen-bond donors (Lipinski definition) is 0. The SMILES string of the molecule is [2H]C([2H])(c1cc(-c2cccc3c4ccccc4c4ccccc4c4cc(C(C)(C)C)cc5c4n(c23)[CH-]N5c2[c-]c(Oc3[c-]c4c(cc3)c3ccccc3n4-c3cc(C(C)(C)C)ccn3)ccc2)cc(C(C)(C)C)c1)C(C)(C)C.[Pt]. The largest absolute Gasteiger partial charge is 0.509 e. The van der Waals surface area contributed by atoms with Gasteiger partial charge in [0.25, 0.3) is 0 Å². The van der Waals surface area contributed by atoms with Gasteiger partial charge >= 0.3 is 0 Å². The molecule has 0 radical (unpaired) electrons. The molecule has 390 valence electrons. The Kier molecular flexibility index (Phi) is 12.1. The van der Waals surface area contributed by atoms with Crippen molar-refractivity contribution in [3.8, 4) is 28.4 Å². The Balaban J connectivity index is 0.00000660. The minimum atomic E-state index is -1.63. The van der Waals surface area contributed by atoms with E-state index in [-0.39, 0.29) is 37.3 Å². The molecule has 12 rings (SSSR count). The summed E-state index contributed by atoms with van der Waals surface area (Å²) in [7, 11) is 0. The summed E-state index contributed by atoms with van der Waals surface area (Å²) >= 11 is 0. The van der Waals surface area contributed by atoms with E-state index in [9.17, 15) is 2.74 Å². The predicted octanol–water partition coefficient (Wildman–Crippen LogP) is 19.4. The molecule has 3 aromatic heterocycles. The Labute approximate surface area is 471 Å². The molecule has 0 bridgehead atoms. The number of rotatable bonds is 6. The van der Waals surface area contributed by atoms with Crippen LogP contribution in [0.3, 0.4) is 0 Å². The van der Waals surface area contributed by atoms with Crippen LogP contribution in [-0.2, 0) is 43.7 Å². The standard InChI is InChI=1S/C71H67N4O.Pt/c1-68(2,3)43-45-35-46(37-48(36-45)70(7,8)9)53-28-20-29-60-56-25-15-13-23-54(56)55-24-14-16-26-57(55)61-38-49(71(10,11)12)39-64-67(61)74(66(53)60)44-73(64)50-21-19-22-51(41-50)76-52-31-32-59-58-27-17-18-30-62(58)75(63(59)42-52)65-40-47(33-34-72-65)69(4,5)6;/h13-40,44H,43H2,1-12H3;/q-3;/i43D2;. The summed E-state index contributed by atoms with van der Waals surface area (Å²) in [4.78, 5) is 7.18. The molecule has 0 unspecified atom stereocenters. The first-order chi connectivity index (χ1) is 37.0. The average Bonchev–Trinajstić information content (AvgIpc) is 3.71. The fourth-order valence-electron chi connectivity index (χ4n) is 11.1. The van der Waals surface area contributed by atoms with E-state index in [2.05, 4.69) is 241 Å². The summed E-state index contributed by atoms with van der Waals surface area (Å²) in [5, 5.41) is 8.93. The Hall–Kier alpha value is -7.33. The first-order valence-electron chi connectivity index (χ1n) is 27.7. The van der Waals surface area contributed by atoms with E-state index in [4.69, 9.17) is 9.72 Å². The monoisotopic (exact) mass is 1190 g/mol. The number of nitrogens with zero attached hydrogens (tertiary/aromatic N) is 4. The van der Waals surface area contributed by atoms with E-state index in [0.717, 1.165) is 99.0 Å². The molecule has 11 aromatic rings. The molecule has 0 fully saturated rings. The summed E-state index contributed by atoms with van der Waals surface area (Å²) in [6, 6.07) is 65.9. The molecule has 0 spiro atoms. The van der Waals surface area contributed by atoms with Crippen LogP contribution in [-0.4, -0.2) is 14.1 Å². The molecule has 5 nitrogen and oxygen atoms in total. The van der Waals surface area contributed by atoms with E-state index in [0.29, 0.717) is 17.1 Å². The summed E-state index contributed by atoms with van der Waals surface area (Å²) in [6.45, 7) is 28.4. The minimum Gasteiger partial charge on any atom is -0.509 e. The minimum absolute atomic E-state index is 0. The zero-order valence-electron chi connectivity index (χ0n) is 48.3. The molecule has 6 heteroatoms. The van der Waals surface area contributed by atoms with Gasteiger partial charge in [-0.2, -0.15) is 12.1 Å². The number of fused-ring (bicyclic) bond motifs is 10. The number of aromatic nitrogens is 3. The molecule has 1 aliphatic rings. The summed E-state index contributed by atoms with van der Waals surface area (Å²) in [5.74, 6) is 1.96. The van der Waals surface area contributed by atoms with Gasteiger partial charge in [-0.25, -0.2) is 4.98 Å². The van der Waals surface area contributed by atoms with E-state index >= 15 is 0 Å². The van der Waals surface area contributed by atoms with E-state index in [1.165, 1.54) is 11.1 Å². The molecular formula is C71H67N4OPt-3. The second-order valence-electron chi connectivity index (χ2n) is 24.8. The second-order valence-corrected chi connectivity index (χ2v) is 24.8. The average molecular weight is 1190 g/mol. The number of anilines is 2. The van der Waals surface area contributed by atoms with Crippen molar-refractivity contribution >= 4 is 76.5 Å². The van der Waals surface area contributed by atoms with Crippen molar-refractivity contribution in [2.24, 2.45) is 5.41 Å². The van der Waals surface area contributed by atoms with Crippen molar-refractivity contribution < 1.29 is 28.5 Å². The van der Waals surface area contributed by atoms with Crippen LogP contribution < -0.4 is 9.64 Å². The van der Waals surface area contributed by atoms with Crippen LogP contribution >= 0.6 is 0 Å². The molecule has 0 N–H and O–H groups in total. The number of benzene rings is 8. The third kappa shape index (κ3) is 9.45. The molecule has 0 amide bonds. The van der Waals surface area contributed by atoms with Crippen LogP contribution in [0.4, 0.5) is 11.4 Å². The molecule has 0 atom stereocenters. The Morgan fingerprint density at radius 1 is 0.519 bits per heavy atom. The van der Waals surface area contributed by atoms with Crippen LogP contribution in [0.2, 0.25) is 0 Å². The van der Waals surface area contributed by atoms with Gasteiger partial charge in [-0.3, -0.25) is 0 Å². The quantitative estimate of drug-likeness (QED) is 0.156. The Morgan fingerprint density at radius 2 is 1.12 bits per heavy atom. The van der Waals surface area contributed by atoms with E-state index in [1.54, 1.807) is 0 Å². The summed E-state index contributed by atoms with van der Waals surface area (Å²) in [6.07, 6.45) is 0.273. The zero-order chi connectivity index (χ0) is 54.8. The van der Waals surface area contributed by atoms with Crippen LogP contribution in [0.5, 0.6) is 11.5 Å². The molecular weight excluding hydrogens is 1120 g/mol. The van der Waals surface area contributed by atoms with E-state index in [1.807, 2.05) is 45.2 Å². The van der Waals surface area contributed by atoms with Crippen LogP contribution in [0.1, 0.15) is 108 Å². The molecule has 4 heterocycles. The maximum Gasteiger partial charge on any atom is 0.135 e. The van der Waals surface area contributed by atoms with Crippen molar-refractivity contribution in [3.63, 3.8) is 0 Å². The first-order valence-corrected chi connectivity index (χ1v) is 26.7. The number of pyridine rings is 1. The molecule has 77 heavy (non-hydrogen) atoms. The zero-order valence-corrected chi connectivity index (χ0v) is 48.5. The van der Waals surface area contributed by atoms with Gasteiger partial charge in [-0.15, -0.1) is 35.7 Å². The maximum atomic E-state index is 9.65. The molecule has 0 aliphatic carbocycles. The van der Waals surface area contributed by atoms with Crippen molar-refractivity contribution in [2.45, 2.75) is 106 Å². The summed E-state index contributed by atoms with van der Waals surface area (Å²) in [5.41, 5.74) is 10.8. The van der Waals surface area contributed by atoms with Crippen molar-refractivity contribution in [1.29, 1.82) is 0 Å². The van der Waals surface area contributed by atoms with Crippen LogP contribution in [0, 0.1) is 24.2 Å². The maximum absolute atomic E-state index is 9.65. The third-order valence-electron chi connectivity index (χ3n) is 14.9. The van der Waals surface area contributed by atoms with Gasteiger partial charge in [0.2, 0.25) is 0 Å². The van der Waals surface area contributed by atoms with Gasteiger partial charge in [0.1, 0.15) is 5.82 Å². The van der Waals surface area contributed by atoms with Crippen LogP contribution in [0.25, 0.3) is 82.1 Å². The Morgan fingerprint density at radius 3 is 1.79 bits per heavy atom. The van der Waals surface area contributed by atoms with Gasteiger partial charge in [-0.05, 0) is 141 Å². The third-order valence-corrected chi connectivity index (χ3v) is 14.9. The molecule has 1 aliphatic heterocycles. The van der Waals surface area contributed by atoms with Crippen LogP contribution in [0.15, 0.2) is 170 Å². The second kappa shape index (κ2) is 19.0. The van der Waals surface area contributed by atoms with Gasteiger partial charge < -0.3 is 18.8 Å². The molecule has 0 saturated heterocycles. The Bertz CT molecular complexity index is 4310. The predicted molar refractivity (Wildman–Crippen MR) is 321 cm³/mol. The topological polar surface area (TPSA) is 35.2 Å². The summed E-state index contributed by atoms with van der Waals surface area (Å²) < 4.78 is 30.7. The number of hydrogen-bond acceptors (Lipinski definition) is 3. The smallest absolute Gasteiger partial charge is 0.135 e. The number of para-hydroxylation sites is 2. The van der Waals surface area contributed by atoms with Crippen molar-refractivity contribution in [1.82, 2.24) is 14.1 Å². The van der Waals surface area contributed by atoms with Gasteiger partial charge in [-0.1, -0.05) is 203 Å².